The van der Waals surface area contributed by atoms with Crippen molar-refractivity contribution >= 4 is 33.0 Å². The van der Waals surface area contributed by atoms with Gasteiger partial charge in [0.25, 0.3) is 11.8 Å². The van der Waals surface area contributed by atoms with E-state index < -0.39 is 27.5 Å². The van der Waals surface area contributed by atoms with Gasteiger partial charge in [-0.25, -0.2) is 12.8 Å². The summed E-state index contributed by atoms with van der Waals surface area (Å²) in [6, 6.07) is 17.4. The third-order valence-electron chi connectivity index (χ3n) is 4.01. The monoisotopic (exact) mass is 412 g/mol. The summed E-state index contributed by atoms with van der Waals surface area (Å²) in [5.74, 6) is -1.41. The van der Waals surface area contributed by atoms with Crippen molar-refractivity contribution in [3.05, 3.63) is 89.7 Å². The molecule has 148 valence electrons. The van der Waals surface area contributed by atoms with Gasteiger partial charge in [-0.1, -0.05) is 12.1 Å². The molecule has 0 saturated heterocycles. The summed E-state index contributed by atoms with van der Waals surface area (Å²) in [4.78, 5) is 24.6. The molecule has 0 aliphatic heterocycles. The van der Waals surface area contributed by atoms with Gasteiger partial charge in [-0.3, -0.25) is 9.59 Å². The van der Waals surface area contributed by atoms with Crippen LogP contribution in [0.15, 0.2) is 77.7 Å². The number of hydrogen-bond acceptors (Lipinski definition) is 4. The van der Waals surface area contributed by atoms with Crippen LogP contribution in [0.3, 0.4) is 0 Å². The fourth-order valence-electron chi connectivity index (χ4n) is 2.55. The first-order valence-corrected chi connectivity index (χ1v) is 10.4. The molecule has 0 bridgehead atoms. The van der Waals surface area contributed by atoms with Crippen molar-refractivity contribution in [3.8, 4) is 0 Å². The Bertz CT molecular complexity index is 1180. The fourth-order valence-corrected chi connectivity index (χ4v) is 3.21. The van der Waals surface area contributed by atoms with Crippen molar-refractivity contribution < 1.29 is 22.4 Å². The molecule has 3 rings (SSSR count). The maximum atomic E-state index is 13.2. The Morgan fingerprint density at radius 3 is 2.03 bits per heavy atom. The minimum atomic E-state index is -3.38. The molecule has 8 heteroatoms. The second-order valence-electron chi connectivity index (χ2n) is 6.30. The second-order valence-corrected chi connectivity index (χ2v) is 8.31. The fraction of sp³-hybridized carbons (Fsp3) is 0.0476. The molecule has 0 heterocycles. The van der Waals surface area contributed by atoms with E-state index in [4.69, 9.17) is 0 Å². The van der Waals surface area contributed by atoms with Gasteiger partial charge in [0.05, 0.1) is 4.90 Å². The molecule has 29 heavy (non-hydrogen) atoms. The normalized spacial score (nSPS) is 11.0. The van der Waals surface area contributed by atoms with Crippen LogP contribution < -0.4 is 10.6 Å². The Balaban J connectivity index is 1.68. The van der Waals surface area contributed by atoms with Crippen LogP contribution in [0.5, 0.6) is 0 Å². The van der Waals surface area contributed by atoms with Crippen LogP contribution in [-0.4, -0.2) is 26.5 Å². The predicted octanol–water partition coefficient (Wildman–Crippen LogP) is 3.73. The van der Waals surface area contributed by atoms with Crippen LogP contribution in [-0.2, 0) is 9.84 Å². The first-order valence-electron chi connectivity index (χ1n) is 8.51. The highest BCUT2D eigenvalue weighted by molar-refractivity contribution is 7.90. The zero-order chi connectivity index (χ0) is 21.0. The molecular weight excluding hydrogens is 395 g/mol. The average Bonchev–Trinajstić information content (AvgIpc) is 2.68. The lowest BCUT2D eigenvalue weighted by atomic mass is 10.1. The Hall–Kier alpha value is -3.52. The van der Waals surface area contributed by atoms with E-state index in [1.807, 2.05) is 0 Å². The van der Waals surface area contributed by atoms with Gasteiger partial charge >= 0.3 is 0 Å². The standard InChI is InChI=1S/C21H17FN2O4S/c1-29(27,28)19-7-3-6-18(13-19)24-20(25)14-8-10-17(11-9-14)23-21(26)15-4-2-5-16(22)12-15/h2-13H,1H3,(H,23,26)(H,24,25). The first-order chi connectivity index (χ1) is 13.7. The van der Waals surface area contributed by atoms with Crippen LogP contribution in [0.4, 0.5) is 15.8 Å². The zero-order valence-corrected chi connectivity index (χ0v) is 16.2. The van der Waals surface area contributed by atoms with Gasteiger partial charge in [-0.15, -0.1) is 0 Å². The first kappa shape index (κ1) is 20.2. The maximum Gasteiger partial charge on any atom is 0.255 e. The lowest BCUT2D eigenvalue weighted by Crippen LogP contribution is -2.14. The molecule has 0 aromatic heterocycles. The van der Waals surface area contributed by atoms with E-state index in [2.05, 4.69) is 10.6 Å². The van der Waals surface area contributed by atoms with Gasteiger partial charge in [0.15, 0.2) is 9.84 Å². The molecule has 3 aromatic rings. The molecule has 0 atom stereocenters. The van der Waals surface area contributed by atoms with Gasteiger partial charge in [0.2, 0.25) is 0 Å². The number of hydrogen-bond donors (Lipinski definition) is 2. The van der Waals surface area contributed by atoms with Crippen LogP contribution in [0, 0.1) is 5.82 Å². The molecule has 6 nitrogen and oxygen atoms in total. The average molecular weight is 412 g/mol. The SMILES string of the molecule is CS(=O)(=O)c1cccc(NC(=O)c2ccc(NC(=O)c3cccc(F)c3)cc2)c1. The number of amides is 2. The van der Waals surface area contributed by atoms with E-state index in [9.17, 15) is 22.4 Å². The summed E-state index contributed by atoms with van der Waals surface area (Å²) in [6.45, 7) is 0. The van der Waals surface area contributed by atoms with E-state index in [-0.39, 0.29) is 10.5 Å². The molecule has 0 fully saturated rings. The molecule has 0 unspecified atom stereocenters. The van der Waals surface area contributed by atoms with Crippen molar-refractivity contribution in [1.29, 1.82) is 0 Å². The third-order valence-corrected chi connectivity index (χ3v) is 5.12. The van der Waals surface area contributed by atoms with E-state index in [0.717, 1.165) is 12.3 Å². The van der Waals surface area contributed by atoms with E-state index in [1.54, 1.807) is 18.2 Å². The number of rotatable bonds is 5. The molecule has 3 aromatic carbocycles. The van der Waals surface area contributed by atoms with Crippen molar-refractivity contribution in [2.24, 2.45) is 0 Å². The summed E-state index contributed by atoms with van der Waals surface area (Å²) in [5, 5.41) is 5.25. The number of anilines is 2. The quantitative estimate of drug-likeness (QED) is 0.668. The van der Waals surface area contributed by atoms with Gasteiger partial charge in [0.1, 0.15) is 5.82 Å². The predicted molar refractivity (Wildman–Crippen MR) is 108 cm³/mol. The summed E-state index contributed by atoms with van der Waals surface area (Å²) >= 11 is 0. The zero-order valence-electron chi connectivity index (χ0n) is 15.3. The Morgan fingerprint density at radius 1 is 0.759 bits per heavy atom. The highest BCUT2D eigenvalue weighted by atomic mass is 32.2. The van der Waals surface area contributed by atoms with Crippen molar-refractivity contribution in [3.63, 3.8) is 0 Å². The lowest BCUT2D eigenvalue weighted by Gasteiger charge is -2.09. The molecule has 0 aliphatic rings. The minimum absolute atomic E-state index is 0.103. The summed E-state index contributed by atoms with van der Waals surface area (Å²) in [5.41, 5.74) is 1.28. The van der Waals surface area contributed by atoms with E-state index >= 15 is 0 Å². The molecule has 0 saturated carbocycles. The van der Waals surface area contributed by atoms with Gasteiger partial charge in [-0.2, -0.15) is 0 Å². The van der Waals surface area contributed by atoms with Gasteiger partial charge < -0.3 is 10.6 Å². The highest BCUT2D eigenvalue weighted by Crippen LogP contribution is 2.17. The molecule has 2 N–H and O–H groups in total. The maximum absolute atomic E-state index is 13.2. The number of halogens is 1. The van der Waals surface area contributed by atoms with Crippen molar-refractivity contribution in [2.45, 2.75) is 4.90 Å². The Morgan fingerprint density at radius 2 is 1.38 bits per heavy atom. The van der Waals surface area contributed by atoms with Gasteiger partial charge in [0, 0.05) is 28.8 Å². The molecular formula is C21H17FN2O4S. The molecule has 0 radical (unpaired) electrons. The number of carbonyl (C=O) groups is 2. The third kappa shape index (κ3) is 5.26. The minimum Gasteiger partial charge on any atom is -0.322 e. The lowest BCUT2D eigenvalue weighted by molar-refractivity contribution is 0.101. The number of carbonyl (C=O) groups excluding carboxylic acids is 2. The molecule has 2 amide bonds. The summed E-state index contributed by atoms with van der Waals surface area (Å²) < 4.78 is 36.5. The molecule has 0 aliphatic carbocycles. The topological polar surface area (TPSA) is 92.3 Å². The van der Waals surface area contributed by atoms with Gasteiger partial charge in [-0.05, 0) is 60.7 Å². The van der Waals surface area contributed by atoms with Crippen LogP contribution >= 0.6 is 0 Å². The van der Waals surface area contributed by atoms with Crippen molar-refractivity contribution in [2.75, 3.05) is 16.9 Å². The number of benzene rings is 3. The number of sulfone groups is 1. The smallest absolute Gasteiger partial charge is 0.255 e. The summed E-state index contributed by atoms with van der Waals surface area (Å²) in [6.07, 6.45) is 1.09. The Kier molecular flexibility index (Phi) is 5.74. The van der Waals surface area contributed by atoms with Crippen LogP contribution in [0.2, 0.25) is 0 Å². The van der Waals surface area contributed by atoms with Crippen LogP contribution in [0.25, 0.3) is 0 Å². The van der Waals surface area contributed by atoms with Crippen molar-refractivity contribution in [1.82, 2.24) is 0 Å². The van der Waals surface area contributed by atoms with E-state index in [0.29, 0.717) is 16.9 Å². The largest absolute Gasteiger partial charge is 0.322 e. The number of nitrogens with one attached hydrogen (secondary N) is 2. The highest BCUT2D eigenvalue weighted by Gasteiger charge is 2.11. The second kappa shape index (κ2) is 8.24. The Labute approximate surface area is 167 Å². The van der Waals surface area contributed by atoms with E-state index in [1.165, 1.54) is 48.5 Å². The van der Waals surface area contributed by atoms with Crippen LogP contribution in [0.1, 0.15) is 20.7 Å². The molecule has 0 spiro atoms. The summed E-state index contributed by atoms with van der Waals surface area (Å²) in [7, 11) is -3.38.